The molecule has 0 aliphatic rings. The summed E-state index contributed by atoms with van der Waals surface area (Å²) in [6.45, 7) is 5.23. The molecule has 0 saturated heterocycles. The number of hydrogen-bond donors (Lipinski definition) is 1. The highest BCUT2D eigenvalue weighted by Crippen LogP contribution is 2.17. The molecule has 116 valence electrons. The van der Waals surface area contributed by atoms with Gasteiger partial charge in [-0.25, -0.2) is 0 Å². The maximum absolute atomic E-state index is 12.0. The number of aromatic hydroxyl groups is 1. The molecule has 1 rings (SSSR count). The van der Waals surface area contributed by atoms with Gasteiger partial charge in [-0.3, -0.25) is 9.59 Å². The number of carbonyl (C=O) groups excluding carboxylic acids is 2. The Balaban J connectivity index is 2.48. The second kappa shape index (κ2) is 8.29. The Morgan fingerprint density at radius 1 is 1.10 bits per heavy atom. The number of carbonyl (C=O) groups is 2. The van der Waals surface area contributed by atoms with Crippen LogP contribution in [0.15, 0.2) is 24.3 Å². The minimum absolute atomic E-state index is 0.0431. The lowest BCUT2D eigenvalue weighted by molar-refractivity contribution is -0.139. The van der Waals surface area contributed by atoms with Gasteiger partial charge in [0.15, 0.2) is 0 Å². The summed E-state index contributed by atoms with van der Waals surface area (Å²) in [5.41, 5.74) is 0.745. The summed E-state index contributed by atoms with van der Waals surface area (Å²) in [6.07, 6.45) is 0.745. The number of phenolic OH excluding ortho intramolecular Hbond substituents is 1. The second-order valence-corrected chi connectivity index (χ2v) is 4.94. The summed E-state index contributed by atoms with van der Waals surface area (Å²) in [6, 6.07) is 6.97. The fourth-order valence-electron chi connectivity index (χ4n) is 2.12. The van der Waals surface area contributed by atoms with E-state index in [1.165, 1.54) is 4.90 Å². The van der Waals surface area contributed by atoms with Crippen molar-refractivity contribution in [1.82, 2.24) is 9.80 Å². The summed E-state index contributed by atoms with van der Waals surface area (Å²) < 4.78 is 0. The van der Waals surface area contributed by atoms with E-state index >= 15 is 0 Å². The third-order valence-electron chi connectivity index (χ3n) is 3.51. The normalized spacial score (nSPS) is 10.2. The molecule has 0 aromatic heterocycles. The molecular weight excluding hydrogens is 268 g/mol. The molecule has 0 radical (unpaired) electrons. The van der Waals surface area contributed by atoms with Gasteiger partial charge in [-0.2, -0.15) is 0 Å². The van der Waals surface area contributed by atoms with Crippen LogP contribution < -0.4 is 0 Å². The molecule has 5 heteroatoms. The lowest BCUT2D eigenvalue weighted by atomic mass is 10.1. The maximum atomic E-state index is 12.0. The number of phenols is 1. The van der Waals surface area contributed by atoms with Crippen molar-refractivity contribution in [3.8, 4) is 5.75 Å². The predicted octanol–water partition coefficient (Wildman–Crippen LogP) is 1.65. The summed E-state index contributed by atoms with van der Waals surface area (Å²) >= 11 is 0. The lowest BCUT2D eigenvalue weighted by Gasteiger charge is -2.23. The fraction of sp³-hybridized carbons (Fsp3) is 0.500. The zero-order valence-corrected chi connectivity index (χ0v) is 13.0. The van der Waals surface area contributed by atoms with Crippen molar-refractivity contribution in [1.29, 1.82) is 0 Å². The molecule has 0 heterocycles. The van der Waals surface area contributed by atoms with Gasteiger partial charge in [0.2, 0.25) is 11.8 Å². The van der Waals surface area contributed by atoms with Crippen LogP contribution in [0.3, 0.4) is 0 Å². The van der Waals surface area contributed by atoms with Crippen LogP contribution in [0.25, 0.3) is 0 Å². The molecular formula is C16H24N2O3. The molecule has 0 saturated carbocycles. The Morgan fingerprint density at radius 2 is 1.71 bits per heavy atom. The van der Waals surface area contributed by atoms with Crippen LogP contribution in [0.1, 0.15) is 25.8 Å². The number of nitrogens with zero attached hydrogens (tertiary/aromatic N) is 2. The first kappa shape index (κ1) is 17.0. The van der Waals surface area contributed by atoms with Gasteiger partial charge in [0.1, 0.15) is 5.75 Å². The highest BCUT2D eigenvalue weighted by Gasteiger charge is 2.16. The quantitative estimate of drug-likeness (QED) is 0.831. The zero-order valence-electron chi connectivity index (χ0n) is 13.0. The van der Waals surface area contributed by atoms with Crippen LogP contribution >= 0.6 is 0 Å². The Labute approximate surface area is 126 Å². The Bertz CT molecular complexity index is 484. The Kier molecular flexibility index (Phi) is 6.72. The van der Waals surface area contributed by atoms with E-state index in [4.69, 9.17) is 0 Å². The van der Waals surface area contributed by atoms with Crippen LogP contribution in [0.4, 0.5) is 0 Å². The van der Waals surface area contributed by atoms with E-state index in [0.29, 0.717) is 19.5 Å². The van der Waals surface area contributed by atoms with Crippen LogP contribution in [0.2, 0.25) is 0 Å². The Hall–Kier alpha value is -2.04. The molecule has 0 aliphatic heterocycles. The van der Waals surface area contributed by atoms with E-state index in [-0.39, 0.29) is 30.5 Å². The van der Waals surface area contributed by atoms with Gasteiger partial charge in [0.25, 0.3) is 0 Å². The molecule has 5 nitrogen and oxygen atoms in total. The van der Waals surface area contributed by atoms with Gasteiger partial charge >= 0.3 is 0 Å². The van der Waals surface area contributed by atoms with E-state index in [1.807, 2.05) is 19.9 Å². The fourth-order valence-corrected chi connectivity index (χ4v) is 2.12. The Morgan fingerprint density at radius 3 is 2.29 bits per heavy atom. The molecule has 1 aromatic rings. The molecule has 0 atom stereocenters. The number of amides is 2. The van der Waals surface area contributed by atoms with Crippen LogP contribution in [0, 0.1) is 0 Å². The SMILES string of the molecule is CCN(CC)C(=O)CN(C)C(=O)CCc1ccccc1O. The summed E-state index contributed by atoms with van der Waals surface area (Å²) in [5, 5.41) is 9.66. The molecule has 0 aliphatic carbocycles. The van der Waals surface area contributed by atoms with Gasteiger partial charge < -0.3 is 14.9 Å². The van der Waals surface area contributed by atoms with E-state index in [0.717, 1.165) is 5.56 Å². The first-order valence-electron chi connectivity index (χ1n) is 7.28. The number of hydrogen-bond acceptors (Lipinski definition) is 3. The van der Waals surface area contributed by atoms with Crippen molar-refractivity contribution < 1.29 is 14.7 Å². The average Bonchev–Trinajstić information content (AvgIpc) is 2.47. The maximum Gasteiger partial charge on any atom is 0.242 e. The molecule has 1 N–H and O–H groups in total. The predicted molar refractivity (Wildman–Crippen MR) is 82.0 cm³/mol. The zero-order chi connectivity index (χ0) is 15.8. The number of aryl methyl sites for hydroxylation is 1. The standard InChI is InChI=1S/C16H24N2O3/c1-4-18(5-2)16(21)12-17(3)15(20)11-10-13-8-6-7-9-14(13)19/h6-9,19H,4-5,10-12H2,1-3H3. The molecule has 0 fully saturated rings. The molecule has 1 aromatic carbocycles. The number of para-hydroxylation sites is 1. The van der Waals surface area contributed by atoms with Crippen molar-refractivity contribution in [2.45, 2.75) is 26.7 Å². The lowest BCUT2D eigenvalue weighted by Crippen LogP contribution is -2.41. The van der Waals surface area contributed by atoms with E-state index in [2.05, 4.69) is 0 Å². The van der Waals surface area contributed by atoms with Crippen molar-refractivity contribution in [2.24, 2.45) is 0 Å². The largest absolute Gasteiger partial charge is 0.508 e. The van der Waals surface area contributed by atoms with Crippen molar-refractivity contribution in [2.75, 3.05) is 26.7 Å². The summed E-state index contributed by atoms with van der Waals surface area (Å²) in [5.74, 6) is 0.0596. The first-order valence-corrected chi connectivity index (χ1v) is 7.28. The van der Waals surface area contributed by atoms with Gasteiger partial charge in [0.05, 0.1) is 6.54 Å². The second-order valence-electron chi connectivity index (χ2n) is 4.94. The van der Waals surface area contributed by atoms with Crippen LogP contribution in [-0.2, 0) is 16.0 Å². The van der Waals surface area contributed by atoms with E-state index in [9.17, 15) is 14.7 Å². The van der Waals surface area contributed by atoms with Crippen molar-refractivity contribution >= 4 is 11.8 Å². The monoisotopic (exact) mass is 292 g/mol. The third kappa shape index (κ3) is 5.10. The van der Waals surface area contributed by atoms with Gasteiger partial charge in [-0.05, 0) is 31.9 Å². The highest BCUT2D eigenvalue weighted by atomic mass is 16.3. The minimum Gasteiger partial charge on any atom is -0.508 e. The highest BCUT2D eigenvalue weighted by molar-refractivity contribution is 5.84. The summed E-state index contributed by atoms with van der Waals surface area (Å²) in [4.78, 5) is 27.1. The minimum atomic E-state index is -0.0984. The van der Waals surface area contributed by atoms with Crippen LogP contribution in [0.5, 0.6) is 5.75 Å². The van der Waals surface area contributed by atoms with E-state index < -0.39 is 0 Å². The average molecular weight is 292 g/mol. The third-order valence-corrected chi connectivity index (χ3v) is 3.51. The van der Waals surface area contributed by atoms with Gasteiger partial charge in [0, 0.05) is 26.6 Å². The molecule has 0 bridgehead atoms. The number of benzene rings is 1. The van der Waals surface area contributed by atoms with Gasteiger partial charge in [-0.1, -0.05) is 18.2 Å². The first-order chi connectivity index (χ1) is 9.99. The molecule has 2 amide bonds. The number of likely N-dealkylation sites (N-methyl/N-ethyl adjacent to an activating group) is 2. The molecule has 0 spiro atoms. The van der Waals surface area contributed by atoms with Gasteiger partial charge in [-0.15, -0.1) is 0 Å². The van der Waals surface area contributed by atoms with E-state index in [1.54, 1.807) is 30.1 Å². The topological polar surface area (TPSA) is 60.9 Å². The summed E-state index contributed by atoms with van der Waals surface area (Å²) in [7, 11) is 1.63. The molecule has 0 unspecified atom stereocenters. The van der Waals surface area contributed by atoms with Crippen LogP contribution in [-0.4, -0.2) is 53.4 Å². The van der Waals surface area contributed by atoms with Crippen molar-refractivity contribution in [3.63, 3.8) is 0 Å². The molecule has 21 heavy (non-hydrogen) atoms. The van der Waals surface area contributed by atoms with Crippen molar-refractivity contribution in [3.05, 3.63) is 29.8 Å². The number of rotatable bonds is 7. The smallest absolute Gasteiger partial charge is 0.242 e.